The summed E-state index contributed by atoms with van der Waals surface area (Å²) in [6.45, 7) is 1.72. The Morgan fingerprint density at radius 2 is 1.77 bits per heavy atom. The summed E-state index contributed by atoms with van der Waals surface area (Å²) in [5.41, 5.74) is 2.86. The Bertz CT molecular complexity index is 813. The van der Waals surface area contributed by atoms with Crippen LogP contribution in [0, 0.1) is 6.92 Å². The molecular formula is C18H16Br2N2O4. The molecule has 26 heavy (non-hydrogen) atoms. The van der Waals surface area contributed by atoms with E-state index in [1.54, 1.807) is 24.3 Å². The molecule has 136 valence electrons. The van der Waals surface area contributed by atoms with E-state index >= 15 is 0 Å². The summed E-state index contributed by atoms with van der Waals surface area (Å²) < 4.78 is 6.17. The maximum atomic E-state index is 12.0. The molecule has 0 fully saturated rings. The third kappa shape index (κ3) is 5.67. The van der Waals surface area contributed by atoms with Crippen molar-refractivity contribution in [1.29, 1.82) is 0 Å². The van der Waals surface area contributed by atoms with E-state index in [0.29, 0.717) is 11.3 Å². The second-order valence-corrected chi connectivity index (χ2v) is 6.98. The lowest BCUT2D eigenvalue weighted by Gasteiger charge is -2.10. The van der Waals surface area contributed by atoms with Crippen molar-refractivity contribution in [2.75, 3.05) is 19.0 Å². The largest absolute Gasteiger partial charge is 0.465 e. The van der Waals surface area contributed by atoms with E-state index in [1.807, 2.05) is 19.1 Å². The molecule has 0 aromatic heterocycles. The summed E-state index contributed by atoms with van der Waals surface area (Å²) in [5, 5.41) is 6.50. The lowest BCUT2D eigenvalue weighted by atomic mass is 10.1. The van der Waals surface area contributed by atoms with E-state index in [2.05, 4.69) is 47.1 Å². The van der Waals surface area contributed by atoms with Crippen LogP contribution in [0.1, 0.15) is 21.5 Å². The fourth-order valence-electron chi connectivity index (χ4n) is 2.01. The van der Waals surface area contributed by atoms with E-state index < -0.39 is 5.97 Å². The monoisotopic (exact) mass is 482 g/mol. The van der Waals surface area contributed by atoms with Crippen LogP contribution in [-0.2, 0) is 14.4 Å². The number of benzene rings is 2. The summed E-state index contributed by atoms with van der Waals surface area (Å²) in [5.74, 6) is -0.747. The molecule has 0 heterocycles. The Morgan fingerprint density at radius 1 is 1.15 bits per heavy atom. The number of esters is 1. The van der Waals surface area contributed by atoms with E-state index in [1.165, 1.54) is 13.3 Å². The van der Waals surface area contributed by atoms with Crippen LogP contribution in [0.4, 0.5) is 5.69 Å². The second-order valence-electron chi connectivity index (χ2n) is 5.27. The zero-order valence-corrected chi connectivity index (χ0v) is 17.3. The summed E-state index contributed by atoms with van der Waals surface area (Å²) in [6, 6.07) is 10.4. The number of aryl methyl sites for hydroxylation is 1. The lowest BCUT2D eigenvalue weighted by Crippen LogP contribution is -2.17. The minimum absolute atomic E-state index is 0.233. The van der Waals surface area contributed by atoms with Gasteiger partial charge in [-0.05, 0) is 74.2 Å². The smallest absolute Gasteiger partial charge is 0.337 e. The predicted molar refractivity (Wildman–Crippen MR) is 107 cm³/mol. The number of nitrogens with zero attached hydrogens (tertiary/aromatic N) is 1. The Balaban J connectivity index is 1.86. The van der Waals surface area contributed by atoms with Gasteiger partial charge < -0.3 is 14.9 Å². The maximum absolute atomic E-state index is 12.0. The number of nitrogens with one attached hydrogen (secondary N) is 1. The number of hydrogen-bond acceptors (Lipinski definition) is 5. The predicted octanol–water partition coefficient (Wildman–Crippen LogP) is 4.30. The third-order valence-corrected chi connectivity index (χ3v) is 4.51. The number of amides is 1. The lowest BCUT2D eigenvalue weighted by molar-refractivity contribution is -0.120. The Kier molecular flexibility index (Phi) is 7.35. The van der Waals surface area contributed by atoms with Gasteiger partial charge in [0.15, 0.2) is 6.61 Å². The van der Waals surface area contributed by atoms with Crippen LogP contribution in [0.5, 0.6) is 0 Å². The molecule has 0 saturated heterocycles. The molecule has 2 rings (SSSR count). The molecule has 0 unspecified atom stereocenters. The molecule has 0 saturated carbocycles. The highest BCUT2D eigenvalue weighted by atomic mass is 79.9. The van der Waals surface area contributed by atoms with E-state index in [9.17, 15) is 9.59 Å². The minimum Gasteiger partial charge on any atom is -0.465 e. The number of carbonyl (C=O) groups is 2. The fourth-order valence-corrected chi connectivity index (χ4v) is 3.63. The van der Waals surface area contributed by atoms with Crippen molar-refractivity contribution >= 4 is 55.6 Å². The van der Waals surface area contributed by atoms with Gasteiger partial charge >= 0.3 is 5.97 Å². The van der Waals surface area contributed by atoms with Gasteiger partial charge in [-0.1, -0.05) is 17.3 Å². The van der Waals surface area contributed by atoms with Gasteiger partial charge in [-0.3, -0.25) is 4.79 Å². The Morgan fingerprint density at radius 3 is 2.35 bits per heavy atom. The molecule has 2 aromatic rings. The highest BCUT2D eigenvalue weighted by Gasteiger charge is 2.10. The minimum atomic E-state index is -0.408. The number of oxime groups is 1. The molecule has 0 aliphatic heterocycles. The quantitative estimate of drug-likeness (QED) is 0.377. The summed E-state index contributed by atoms with van der Waals surface area (Å²) in [6.07, 6.45) is 1.45. The summed E-state index contributed by atoms with van der Waals surface area (Å²) in [7, 11) is 1.32. The molecule has 0 atom stereocenters. The molecule has 0 aliphatic carbocycles. The first-order valence-corrected chi connectivity index (χ1v) is 9.08. The van der Waals surface area contributed by atoms with Gasteiger partial charge in [0.05, 0.1) is 24.6 Å². The normalized spacial score (nSPS) is 10.6. The van der Waals surface area contributed by atoms with E-state index in [4.69, 9.17) is 4.84 Å². The molecule has 0 aliphatic rings. The second kappa shape index (κ2) is 9.49. The molecule has 1 amide bonds. The van der Waals surface area contributed by atoms with Crippen molar-refractivity contribution in [2.45, 2.75) is 6.92 Å². The van der Waals surface area contributed by atoms with Gasteiger partial charge in [0.2, 0.25) is 0 Å². The molecule has 0 spiro atoms. The fraction of sp³-hybridized carbons (Fsp3) is 0.167. The topological polar surface area (TPSA) is 77.0 Å². The highest BCUT2D eigenvalue weighted by Crippen LogP contribution is 2.32. The number of halogens is 2. The number of methoxy groups -OCH3 is 1. The number of rotatable bonds is 6. The molecule has 1 N–H and O–H groups in total. The van der Waals surface area contributed by atoms with Crippen LogP contribution in [-0.4, -0.2) is 31.8 Å². The average molecular weight is 484 g/mol. The molecule has 8 heteroatoms. The molecule has 0 bridgehead atoms. The van der Waals surface area contributed by atoms with Gasteiger partial charge in [-0.15, -0.1) is 0 Å². The van der Waals surface area contributed by atoms with Crippen LogP contribution >= 0.6 is 31.9 Å². The zero-order chi connectivity index (χ0) is 19.1. The van der Waals surface area contributed by atoms with Crippen LogP contribution in [0.2, 0.25) is 0 Å². The van der Waals surface area contributed by atoms with Crippen LogP contribution < -0.4 is 5.32 Å². The van der Waals surface area contributed by atoms with Crippen molar-refractivity contribution in [3.8, 4) is 0 Å². The van der Waals surface area contributed by atoms with Crippen molar-refractivity contribution in [3.05, 3.63) is 62.0 Å². The standard InChI is InChI=1S/C18H16Br2N2O4/c1-11-7-14(19)17(15(20)8-11)22-16(23)10-26-21-9-12-3-5-13(6-4-12)18(24)25-2/h3-9H,10H2,1-2H3,(H,22,23)/b21-9+. The average Bonchev–Trinajstić information content (AvgIpc) is 2.61. The van der Waals surface area contributed by atoms with Crippen LogP contribution in [0.25, 0.3) is 0 Å². The highest BCUT2D eigenvalue weighted by molar-refractivity contribution is 9.11. The van der Waals surface area contributed by atoms with Gasteiger partial charge in [0.1, 0.15) is 0 Å². The van der Waals surface area contributed by atoms with Crippen molar-refractivity contribution in [1.82, 2.24) is 0 Å². The van der Waals surface area contributed by atoms with Gasteiger partial charge in [-0.25, -0.2) is 4.79 Å². The SMILES string of the molecule is COC(=O)c1ccc(/C=N/OCC(=O)Nc2c(Br)cc(C)cc2Br)cc1. The molecule has 6 nitrogen and oxygen atoms in total. The molecule has 2 aromatic carbocycles. The number of ether oxygens (including phenoxy) is 1. The van der Waals surface area contributed by atoms with E-state index in [-0.39, 0.29) is 12.5 Å². The summed E-state index contributed by atoms with van der Waals surface area (Å²) >= 11 is 6.82. The van der Waals surface area contributed by atoms with Crippen molar-refractivity contribution < 1.29 is 19.2 Å². The number of anilines is 1. The Hall–Kier alpha value is -2.19. The van der Waals surface area contributed by atoms with E-state index in [0.717, 1.165) is 20.1 Å². The number of hydrogen-bond donors (Lipinski definition) is 1. The van der Waals surface area contributed by atoms with Crippen LogP contribution in [0.3, 0.4) is 0 Å². The maximum Gasteiger partial charge on any atom is 0.337 e. The van der Waals surface area contributed by atoms with Crippen LogP contribution in [0.15, 0.2) is 50.5 Å². The van der Waals surface area contributed by atoms with Crippen molar-refractivity contribution in [3.63, 3.8) is 0 Å². The van der Waals surface area contributed by atoms with Gasteiger partial charge in [-0.2, -0.15) is 0 Å². The third-order valence-electron chi connectivity index (χ3n) is 3.25. The number of carbonyl (C=O) groups excluding carboxylic acids is 2. The first-order valence-electron chi connectivity index (χ1n) is 7.50. The zero-order valence-electron chi connectivity index (χ0n) is 14.1. The Labute approximate surface area is 167 Å². The van der Waals surface area contributed by atoms with Crippen molar-refractivity contribution in [2.24, 2.45) is 5.16 Å². The first kappa shape index (κ1) is 20.1. The molecular weight excluding hydrogens is 468 g/mol. The van der Waals surface area contributed by atoms with Gasteiger partial charge in [0.25, 0.3) is 5.91 Å². The summed E-state index contributed by atoms with van der Waals surface area (Å²) in [4.78, 5) is 28.3. The first-order chi connectivity index (χ1) is 12.4. The van der Waals surface area contributed by atoms with Gasteiger partial charge in [0, 0.05) is 8.95 Å². The molecule has 0 radical (unpaired) electrons.